The first kappa shape index (κ1) is 14.5. The molecule has 15 heavy (non-hydrogen) atoms. The predicted octanol–water partition coefficient (Wildman–Crippen LogP) is 5.51. The maximum absolute atomic E-state index is 2.35. The van der Waals surface area contributed by atoms with Crippen LogP contribution in [0.2, 0.25) is 0 Å². The number of hydrogen-bond donors (Lipinski definition) is 0. The van der Waals surface area contributed by atoms with Gasteiger partial charge in [0, 0.05) is 0 Å². The average molecular weight is 208 g/mol. The molecule has 0 atom stereocenters. The molecule has 0 aromatic rings. The van der Waals surface area contributed by atoms with Crippen molar-refractivity contribution in [2.24, 2.45) is 5.41 Å². The molecular weight excluding hydrogens is 180 g/mol. The van der Waals surface area contributed by atoms with E-state index in [9.17, 15) is 0 Å². The van der Waals surface area contributed by atoms with Crippen molar-refractivity contribution >= 4 is 0 Å². The van der Waals surface area contributed by atoms with Gasteiger partial charge in [0.1, 0.15) is 0 Å². The summed E-state index contributed by atoms with van der Waals surface area (Å²) in [5.74, 6) is 0. The third-order valence-corrected chi connectivity index (χ3v) is 3.50. The van der Waals surface area contributed by atoms with E-state index in [0.29, 0.717) is 5.41 Å². The zero-order valence-corrected chi connectivity index (χ0v) is 11.7. The largest absolute Gasteiger partial charge is 0.0733 e. The fraction of sp³-hybridized carbons (Fsp3) is 0.733. The Morgan fingerprint density at radius 3 is 2.00 bits per heavy atom. The van der Waals surface area contributed by atoms with Gasteiger partial charge in [0.15, 0.2) is 0 Å². The van der Waals surface area contributed by atoms with Gasteiger partial charge in [-0.2, -0.15) is 0 Å². The average Bonchev–Trinajstić information content (AvgIpc) is 2.16. The van der Waals surface area contributed by atoms with Gasteiger partial charge in [0.25, 0.3) is 0 Å². The van der Waals surface area contributed by atoms with Gasteiger partial charge in [0.05, 0.1) is 0 Å². The van der Waals surface area contributed by atoms with E-state index in [-0.39, 0.29) is 0 Å². The monoisotopic (exact) mass is 208 g/mol. The van der Waals surface area contributed by atoms with Crippen LogP contribution in [0, 0.1) is 5.41 Å². The fourth-order valence-electron chi connectivity index (χ4n) is 1.93. The summed E-state index contributed by atoms with van der Waals surface area (Å²) in [7, 11) is 0. The normalized spacial score (nSPS) is 15.3. The first-order chi connectivity index (χ1) is 6.85. The lowest BCUT2D eigenvalue weighted by Crippen LogP contribution is -2.13. The van der Waals surface area contributed by atoms with Crippen molar-refractivity contribution in [2.75, 3.05) is 0 Å². The molecule has 0 heteroatoms. The van der Waals surface area contributed by atoms with E-state index in [2.05, 4.69) is 54.5 Å². The van der Waals surface area contributed by atoms with E-state index in [1.165, 1.54) is 29.6 Å². The van der Waals surface area contributed by atoms with Crippen molar-refractivity contribution in [3.05, 3.63) is 22.8 Å². The zero-order valence-electron chi connectivity index (χ0n) is 11.7. The summed E-state index contributed by atoms with van der Waals surface area (Å²) in [5, 5.41) is 0. The van der Waals surface area contributed by atoms with E-state index in [0.717, 1.165) is 6.42 Å². The second-order valence-corrected chi connectivity index (χ2v) is 5.29. The van der Waals surface area contributed by atoms with Crippen LogP contribution in [0.15, 0.2) is 22.8 Å². The minimum Gasteiger partial charge on any atom is -0.0733 e. The molecule has 0 aliphatic rings. The standard InChI is InChI=1S/C15H28/c1-8-10-15(6,7)14(5)13(4)11-12(3)9-2/h11H,8-10H2,1-7H3. The molecule has 0 heterocycles. The maximum Gasteiger partial charge on any atom is -0.0142 e. The number of hydrogen-bond acceptors (Lipinski definition) is 0. The van der Waals surface area contributed by atoms with E-state index in [1.807, 2.05) is 0 Å². The number of rotatable bonds is 5. The summed E-state index contributed by atoms with van der Waals surface area (Å²) in [5.41, 5.74) is 4.81. The smallest absolute Gasteiger partial charge is 0.0142 e. The Hall–Kier alpha value is -0.520. The second-order valence-electron chi connectivity index (χ2n) is 5.29. The Balaban J connectivity index is 4.92. The van der Waals surface area contributed by atoms with Crippen LogP contribution in [0.4, 0.5) is 0 Å². The van der Waals surface area contributed by atoms with E-state index in [4.69, 9.17) is 0 Å². The van der Waals surface area contributed by atoms with Gasteiger partial charge in [-0.25, -0.2) is 0 Å². The Morgan fingerprint density at radius 1 is 1.07 bits per heavy atom. The summed E-state index contributed by atoms with van der Waals surface area (Å²) in [6.07, 6.45) is 6.02. The molecule has 0 amide bonds. The van der Waals surface area contributed by atoms with Gasteiger partial charge in [-0.3, -0.25) is 0 Å². The molecule has 0 N–H and O–H groups in total. The molecule has 0 spiro atoms. The molecular formula is C15H28. The lowest BCUT2D eigenvalue weighted by atomic mass is 9.78. The van der Waals surface area contributed by atoms with Crippen LogP contribution < -0.4 is 0 Å². The molecule has 0 aromatic carbocycles. The topological polar surface area (TPSA) is 0 Å². The summed E-state index contributed by atoms with van der Waals surface area (Å²) in [6, 6.07) is 0. The first-order valence-electron chi connectivity index (χ1n) is 6.20. The van der Waals surface area contributed by atoms with Crippen molar-refractivity contribution in [2.45, 2.75) is 67.7 Å². The van der Waals surface area contributed by atoms with Crippen LogP contribution in [0.1, 0.15) is 67.7 Å². The van der Waals surface area contributed by atoms with E-state index >= 15 is 0 Å². The van der Waals surface area contributed by atoms with Crippen molar-refractivity contribution in [3.8, 4) is 0 Å². The molecule has 88 valence electrons. The summed E-state index contributed by atoms with van der Waals surface area (Å²) in [4.78, 5) is 0. The van der Waals surface area contributed by atoms with Crippen LogP contribution in [-0.2, 0) is 0 Å². The van der Waals surface area contributed by atoms with Crippen LogP contribution in [0.25, 0.3) is 0 Å². The molecule has 0 unspecified atom stereocenters. The first-order valence-corrected chi connectivity index (χ1v) is 6.20. The lowest BCUT2D eigenvalue weighted by molar-refractivity contribution is 0.400. The minimum absolute atomic E-state index is 0.351. The van der Waals surface area contributed by atoms with Crippen LogP contribution in [0.5, 0.6) is 0 Å². The molecule has 0 bridgehead atoms. The third-order valence-electron chi connectivity index (χ3n) is 3.50. The van der Waals surface area contributed by atoms with Crippen LogP contribution in [-0.4, -0.2) is 0 Å². The third kappa shape index (κ3) is 4.68. The van der Waals surface area contributed by atoms with Gasteiger partial charge in [-0.05, 0) is 39.0 Å². The van der Waals surface area contributed by atoms with Crippen molar-refractivity contribution < 1.29 is 0 Å². The highest BCUT2D eigenvalue weighted by molar-refractivity contribution is 5.28. The van der Waals surface area contributed by atoms with Gasteiger partial charge >= 0.3 is 0 Å². The van der Waals surface area contributed by atoms with Crippen molar-refractivity contribution in [1.29, 1.82) is 0 Å². The van der Waals surface area contributed by atoms with Crippen LogP contribution >= 0.6 is 0 Å². The Labute approximate surface area is 96.5 Å². The molecule has 0 radical (unpaired) electrons. The molecule has 0 aliphatic heterocycles. The summed E-state index contributed by atoms with van der Waals surface area (Å²) in [6.45, 7) is 15.9. The quantitative estimate of drug-likeness (QED) is 0.523. The molecule has 0 saturated heterocycles. The van der Waals surface area contributed by atoms with E-state index < -0.39 is 0 Å². The van der Waals surface area contributed by atoms with E-state index in [1.54, 1.807) is 0 Å². The summed E-state index contributed by atoms with van der Waals surface area (Å²) < 4.78 is 0. The van der Waals surface area contributed by atoms with Crippen LogP contribution in [0.3, 0.4) is 0 Å². The fourth-order valence-corrected chi connectivity index (χ4v) is 1.93. The Bertz CT molecular complexity index is 251. The number of allylic oxidation sites excluding steroid dienone is 4. The zero-order chi connectivity index (χ0) is 12.1. The molecule has 0 fully saturated rings. The molecule has 0 aliphatic carbocycles. The van der Waals surface area contributed by atoms with Gasteiger partial charge in [-0.15, -0.1) is 0 Å². The van der Waals surface area contributed by atoms with Crippen molar-refractivity contribution in [3.63, 3.8) is 0 Å². The van der Waals surface area contributed by atoms with Gasteiger partial charge in [0.2, 0.25) is 0 Å². The molecule has 0 rings (SSSR count). The maximum atomic E-state index is 2.35. The highest BCUT2D eigenvalue weighted by Crippen LogP contribution is 2.33. The van der Waals surface area contributed by atoms with Crippen molar-refractivity contribution in [1.82, 2.24) is 0 Å². The molecule has 0 nitrogen and oxygen atoms in total. The SMILES string of the molecule is CCCC(C)(C)C(C)=C(C)C=C(C)CC. The highest BCUT2D eigenvalue weighted by Gasteiger charge is 2.19. The Kier molecular flexibility index (Phi) is 5.93. The van der Waals surface area contributed by atoms with Gasteiger partial charge < -0.3 is 0 Å². The Morgan fingerprint density at radius 2 is 1.60 bits per heavy atom. The molecule has 0 saturated carbocycles. The second kappa shape index (κ2) is 6.15. The predicted molar refractivity (Wildman–Crippen MR) is 71.1 cm³/mol. The summed E-state index contributed by atoms with van der Waals surface area (Å²) >= 11 is 0. The highest BCUT2D eigenvalue weighted by atomic mass is 14.2. The lowest BCUT2D eigenvalue weighted by Gasteiger charge is -2.27. The minimum atomic E-state index is 0.351. The molecule has 0 aromatic heterocycles. The van der Waals surface area contributed by atoms with Gasteiger partial charge in [-0.1, -0.05) is 56.9 Å².